The summed E-state index contributed by atoms with van der Waals surface area (Å²) in [5.41, 5.74) is 3.72. The van der Waals surface area contributed by atoms with E-state index in [0.717, 1.165) is 12.0 Å². The number of aromatic nitrogens is 2. The van der Waals surface area contributed by atoms with Crippen LogP contribution in [0.5, 0.6) is 0 Å². The molecule has 3 aromatic rings. The number of ether oxygens (including phenoxy) is 1. The molecule has 0 fully saturated rings. The minimum absolute atomic E-state index is 0.0761. The van der Waals surface area contributed by atoms with Gasteiger partial charge < -0.3 is 9.15 Å². The van der Waals surface area contributed by atoms with Crippen LogP contribution in [-0.4, -0.2) is 16.8 Å². The average Bonchev–Trinajstić information content (AvgIpc) is 3.26. The quantitative estimate of drug-likeness (QED) is 0.350. The lowest BCUT2D eigenvalue weighted by molar-refractivity contribution is 0.108. The molecule has 3 rings (SSSR count). The maximum absolute atomic E-state index is 6.11. The molecule has 160 valence electrons. The zero-order valence-corrected chi connectivity index (χ0v) is 18.7. The van der Waals surface area contributed by atoms with E-state index in [-0.39, 0.29) is 11.8 Å². The number of hydrogen-bond donors (Lipinski definition) is 0. The van der Waals surface area contributed by atoms with E-state index in [9.17, 15) is 0 Å². The van der Waals surface area contributed by atoms with Crippen LogP contribution in [0.25, 0.3) is 0 Å². The van der Waals surface area contributed by atoms with Gasteiger partial charge in [0.1, 0.15) is 0 Å². The molecule has 2 atom stereocenters. The molecule has 4 nitrogen and oxygen atoms in total. The van der Waals surface area contributed by atoms with Gasteiger partial charge in [-0.05, 0) is 35.4 Å². The third-order valence-electron chi connectivity index (χ3n) is 5.56. The van der Waals surface area contributed by atoms with Crippen LogP contribution in [0.3, 0.4) is 0 Å². The SMILES string of the molecule is CCCC(CC)c1cccc(C(COCc2ccccc2)c2nnc(C(C)C)o2)c1. The van der Waals surface area contributed by atoms with Crippen LogP contribution in [0, 0.1) is 0 Å². The van der Waals surface area contributed by atoms with E-state index in [0.29, 0.717) is 30.9 Å². The van der Waals surface area contributed by atoms with Gasteiger partial charge >= 0.3 is 0 Å². The Morgan fingerprint density at radius 1 is 0.900 bits per heavy atom. The highest BCUT2D eigenvalue weighted by atomic mass is 16.5. The van der Waals surface area contributed by atoms with Crippen molar-refractivity contribution in [1.29, 1.82) is 0 Å². The first kappa shape index (κ1) is 22.2. The van der Waals surface area contributed by atoms with Crippen molar-refractivity contribution < 1.29 is 9.15 Å². The predicted octanol–water partition coefficient (Wildman–Crippen LogP) is 6.84. The van der Waals surface area contributed by atoms with Gasteiger partial charge in [-0.2, -0.15) is 0 Å². The topological polar surface area (TPSA) is 48.2 Å². The van der Waals surface area contributed by atoms with Crippen molar-refractivity contribution in [2.45, 2.75) is 71.3 Å². The molecule has 0 saturated carbocycles. The van der Waals surface area contributed by atoms with E-state index in [1.165, 1.54) is 24.0 Å². The van der Waals surface area contributed by atoms with E-state index in [1.54, 1.807) is 0 Å². The van der Waals surface area contributed by atoms with E-state index >= 15 is 0 Å². The standard InChI is InChI=1S/C26H34N2O2/c1-5-11-21(6-2)22-14-10-15-23(16-22)24(26-28-27-25(30-26)19(3)4)18-29-17-20-12-8-7-9-13-20/h7-10,12-16,19,21,24H,5-6,11,17-18H2,1-4H3. The molecule has 0 saturated heterocycles. The van der Waals surface area contributed by atoms with Crippen LogP contribution in [-0.2, 0) is 11.3 Å². The Hall–Kier alpha value is -2.46. The highest BCUT2D eigenvalue weighted by molar-refractivity contribution is 5.32. The lowest BCUT2D eigenvalue weighted by atomic mass is 9.88. The number of rotatable bonds is 11. The molecular formula is C26H34N2O2. The zero-order chi connectivity index (χ0) is 21.3. The number of benzene rings is 2. The van der Waals surface area contributed by atoms with Crippen LogP contribution < -0.4 is 0 Å². The van der Waals surface area contributed by atoms with Gasteiger partial charge in [-0.25, -0.2) is 0 Å². The Morgan fingerprint density at radius 2 is 1.63 bits per heavy atom. The van der Waals surface area contributed by atoms with Gasteiger partial charge in [-0.3, -0.25) is 0 Å². The number of nitrogens with zero attached hydrogens (tertiary/aromatic N) is 2. The van der Waals surface area contributed by atoms with Gasteiger partial charge in [0, 0.05) is 5.92 Å². The van der Waals surface area contributed by atoms with Gasteiger partial charge in [0.15, 0.2) is 0 Å². The minimum Gasteiger partial charge on any atom is -0.424 e. The lowest BCUT2D eigenvalue weighted by Crippen LogP contribution is -2.11. The molecule has 0 bridgehead atoms. The second kappa shape index (κ2) is 11.1. The van der Waals surface area contributed by atoms with Crippen LogP contribution >= 0.6 is 0 Å². The molecule has 30 heavy (non-hydrogen) atoms. The van der Waals surface area contributed by atoms with Crippen molar-refractivity contribution in [2.24, 2.45) is 0 Å². The van der Waals surface area contributed by atoms with Crippen molar-refractivity contribution in [3.05, 3.63) is 83.1 Å². The summed E-state index contributed by atoms with van der Waals surface area (Å²) < 4.78 is 12.1. The molecule has 0 N–H and O–H groups in total. The molecule has 2 aromatic carbocycles. The molecule has 0 amide bonds. The molecule has 1 heterocycles. The van der Waals surface area contributed by atoms with Gasteiger partial charge in [-0.1, -0.05) is 88.7 Å². The maximum atomic E-state index is 6.11. The predicted molar refractivity (Wildman–Crippen MR) is 121 cm³/mol. The molecule has 0 radical (unpaired) electrons. The summed E-state index contributed by atoms with van der Waals surface area (Å²) in [6.45, 7) is 9.71. The third-order valence-corrected chi connectivity index (χ3v) is 5.56. The fraction of sp³-hybridized carbons (Fsp3) is 0.462. The Morgan fingerprint density at radius 3 is 2.30 bits per heavy atom. The molecule has 0 aliphatic heterocycles. The molecule has 0 spiro atoms. The van der Waals surface area contributed by atoms with Gasteiger partial charge in [0.2, 0.25) is 11.8 Å². The zero-order valence-electron chi connectivity index (χ0n) is 18.7. The average molecular weight is 407 g/mol. The Bertz CT molecular complexity index is 889. The van der Waals surface area contributed by atoms with E-state index in [1.807, 2.05) is 18.2 Å². The van der Waals surface area contributed by atoms with E-state index in [2.05, 4.69) is 74.3 Å². The molecular weight excluding hydrogens is 372 g/mol. The Labute approximate surface area is 180 Å². The molecule has 0 aliphatic carbocycles. The van der Waals surface area contributed by atoms with Crippen molar-refractivity contribution in [3.8, 4) is 0 Å². The lowest BCUT2D eigenvalue weighted by Gasteiger charge is -2.19. The molecule has 4 heteroatoms. The molecule has 1 aromatic heterocycles. The summed E-state index contributed by atoms with van der Waals surface area (Å²) >= 11 is 0. The molecule has 0 aliphatic rings. The first-order valence-electron chi connectivity index (χ1n) is 11.2. The normalized spacial score (nSPS) is 13.5. The van der Waals surface area contributed by atoms with Crippen molar-refractivity contribution in [2.75, 3.05) is 6.61 Å². The second-order valence-corrected chi connectivity index (χ2v) is 8.25. The Kier molecular flexibility index (Phi) is 8.21. The third kappa shape index (κ3) is 5.79. The largest absolute Gasteiger partial charge is 0.424 e. The highest BCUT2D eigenvalue weighted by Crippen LogP contribution is 2.31. The fourth-order valence-electron chi connectivity index (χ4n) is 3.78. The van der Waals surface area contributed by atoms with Crippen molar-refractivity contribution in [3.63, 3.8) is 0 Å². The minimum atomic E-state index is -0.0761. The summed E-state index contributed by atoms with van der Waals surface area (Å²) in [5.74, 6) is 2.01. The first-order valence-corrected chi connectivity index (χ1v) is 11.2. The Balaban J connectivity index is 1.84. The molecule has 2 unspecified atom stereocenters. The number of hydrogen-bond acceptors (Lipinski definition) is 4. The van der Waals surface area contributed by atoms with Crippen LogP contribution in [0.15, 0.2) is 59.0 Å². The van der Waals surface area contributed by atoms with Crippen LogP contribution in [0.2, 0.25) is 0 Å². The smallest absolute Gasteiger partial charge is 0.226 e. The summed E-state index contributed by atoms with van der Waals surface area (Å²) in [6.07, 6.45) is 3.53. The van der Waals surface area contributed by atoms with Crippen LogP contribution in [0.4, 0.5) is 0 Å². The second-order valence-electron chi connectivity index (χ2n) is 8.25. The summed E-state index contributed by atoms with van der Waals surface area (Å²) in [5, 5.41) is 8.63. The van der Waals surface area contributed by atoms with Crippen molar-refractivity contribution >= 4 is 0 Å². The highest BCUT2D eigenvalue weighted by Gasteiger charge is 2.23. The van der Waals surface area contributed by atoms with E-state index in [4.69, 9.17) is 9.15 Å². The van der Waals surface area contributed by atoms with Gasteiger partial charge in [-0.15, -0.1) is 10.2 Å². The first-order chi connectivity index (χ1) is 14.6. The maximum Gasteiger partial charge on any atom is 0.226 e. The van der Waals surface area contributed by atoms with Gasteiger partial charge in [0.25, 0.3) is 0 Å². The summed E-state index contributed by atoms with van der Waals surface area (Å²) in [6, 6.07) is 19.1. The van der Waals surface area contributed by atoms with E-state index < -0.39 is 0 Å². The van der Waals surface area contributed by atoms with Crippen LogP contribution in [0.1, 0.15) is 93.2 Å². The summed E-state index contributed by atoms with van der Waals surface area (Å²) in [7, 11) is 0. The fourth-order valence-corrected chi connectivity index (χ4v) is 3.78. The van der Waals surface area contributed by atoms with Gasteiger partial charge in [0.05, 0.1) is 19.1 Å². The van der Waals surface area contributed by atoms with Crippen molar-refractivity contribution in [1.82, 2.24) is 10.2 Å². The monoisotopic (exact) mass is 406 g/mol. The summed E-state index contributed by atoms with van der Waals surface area (Å²) in [4.78, 5) is 0.